The van der Waals surface area contributed by atoms with Gasteiger partial charge in [-0.25, -0.2) is 9.78 Å². The third-order valence-corrected chi connectivity index (χ3v) is 6.98. The minimum absolute atomic E-state index is 0.0327. The Hall–Kier alpha value is -5.21. The molecular weight excluding hydrogens is 585 g/mol. The van der Waals surface area contributed by atoms with Gasteiger partial charge in [0.2, 0.25) is 0 Å². The largest absolute Gasteiger partial charge is 0.491 e. The van der Waals surface area contributed by atoms with E-state index in [1.54, 1.807) is 36.4 Å². The van der Waals surface area contributed by atoms with Gasteiger partial charge >= 0.3 is 12.1 Å². The van der Waals surface area contributed by atoms with Gasteiger partial charge < -0.3 is 9.84 Å². The molecule has 5 aromatic rings. The normalized spacial score (nSPS) is 11.3. The van der Waals surface area contributed by atoms with Crippen molar-refractivity contribution in [3.05, 3.63) is 111 Å². The molecule has 0 amide bonds. The first-order valence-corrected chi connectivity index (χ1v) is 13.1. The molecule has 0 spiro atoms. The highest BCUT2D eigenvalue weighted by Crippen LogP contribution is 2.41. The number of fused-ring (bicyclic) bond motifs is 1. The predicted molar refractivity (Wildman–Crippen MR) is 153 cm³/mol. The van der Waals surface area contributed by atoms with Crippen molar-refractivity contribution in [2.75, 3.05) is 6.61 Å². The van der Waals surface area contributed by atoms with Crippen LogP contribution in [0.4, 0.5) is 13.2 Å². The maximum Gasteiger partial charge on any atom is 0.417 e. The number of hydrogen-bond donors (Lipinski definition) is 1. The van der Waals surface area contributed by atoms with E-state index in [0.29, 0.717) is 21.9 Å². The average molecular weight is 605 g/mol. The number of hydrogen-bond acceptors (Lipinski definition) is 6. The van der Waals surface area contributed by atoms with Gasteiger partial charge in [0, 0.05) is 34.1 Å². The molecule has 8 nitrogen and oxygen atoms in total. The maximum atomic E-state index is 14.1. The standard InChI is InChI=1S/C31H20ClF3N4O4/c1-17-38-25-14-24(31(33,34)35)27(20-6-3-9-37-16-20)23(15-36)28(25)29(40)39(17)10-11-43-26-8-7-21(32)13-22(26)18-4-2-5-19(12-18)30(41)42/h2-9,12-14,16H,10-11H2,1H3,(H,41,42). The van der Waals surface area contributed by atoms with Gasteiger partial charge in [0.1, 0.15) is 24.3 Å². The molecule has 0 radical (unpaired) electrons. The van der Waals surface area contributed by atoms with Crippen molar-refractivity contribution in [2.24, 2.45) is 0 Å². The second-order valence-electron chi connectivity index (χ2n) is 9.41. The number of alkyl halides is 3. The number of carboxylic acids is 1. The Balaban J connectivity index is 1.55. The number of aromatic nitrogens is 3. The number of rotatable bonds is 7. The van der Waals surface area contributed by atoms with Crippen molar-refractivity contribution in [3.63, 3.8) is 0 Å². The molecule has 0 aliphatic rings. The molecule has 0 bridgehead atoms. The summed E-state index contributed by atoms with van der Waals surface area (Å²) in [6, 6.07) is 16.4. The van der Waals surface area contributed by atoms with Crippen LogP contribution in [0.5, 0.6) is 5.75 Å². The second kappa shape index (κ2) is 11.6. The van der Waals surface area contributed by atoms with Gasteiger partial charge in [0.25, 0.3) is 5.56 Å². The Kier molecular flexibility index (Phi) is 7.89. The summed E-state index contributed by atoms with van der Waals surface area (Å²) in [6.07, 6.45) is -2.25. The van der Waals surface area contributed by atoms with Crippen LogP contribution >= 0.6 is 11.6 Å². The first-order valence-electron chi connectivity index (χ1n) is 12.7. The summed E-state index contributed by atoms with van der Waals surface area (Å²) in [5.41, 5.74) is -1.80. The monoisotopic (exact) mass is 604 g/mol. The number of benzene rings is 3. The van der Waals surface area contributed by atoms with Crippen molar-refractivity contribution in [2.45, 2.75) is 19.6 Å². The summed E-state index contributed by atoms with van der Waals surface area (Å²) < 4.78 is 49.6. The highest BCUT2D eigenvalue weighted by atomic mass is 35.5. The number of nitrogens with zero attached hydrogens (tertiary/aromatic N) is 4. The second-order valence-corrected chi connectivity index (χ2v) is 9.85. The summed E-state index contributed by atoms with van der Waals surface area (Å²) in [6.45, 7) is 1.35. The summed E-state index contributed by atoms with van der Waals surface area (Å²) in [5.74, 6) is -0.619. The zero-order valence-corrected chi connectivity index (χ0v) is 23.1. The van der Waals surface area contributed by atoms with Gasteiger partial charge in [-0.3, -0.25) is 14.3 Å². The van der Waals surface area contributed by atoms with Gasteiger partial charge in [-0.2, -0.15) is 18.4 Å². The first-order chi connectivity index (χ1) is 20.5. The maximum absolute atomic E-state index is 14.1. The van der Waals surface area contributed by atoms with Crippen molar-refractivity contribution >= 4 is 28.5 Å². The fourth-order valence-electron chi connectivity index (χ4n) is 4.82. The number of ether oxygens (including phenoxy) is 1. The molecule has 3 aromatic carbocycles. The molecule has 0 aliphatic heterocycles. The number of halogens is 4. The lowest BCUT2D eigenvalue weighted by atomic mass is 9.92. The van der Waals surface area contributed by atoms with E-state index in [1.165, 1.54) is 48.1 Å². The van der Waals surface area contributed by atoms with Crippen molar-refractivity contribution in [1.29, 1.82) is 5.26 Å². The molecule has 43 heavy (non-hydrogen) atoms. The van der Waals surface area contributed by atoms with E-state index in [9.17, 15) is 33.1 Å². The third-order valence-electron chi connectivity index (χ3n) is 6.74. The van der Waals surface area contributed by atoms with Crippen LogP contribution in [-0.2, 0) is 12.7 Å². The molecule has 0 fully saturated rings. The third kappa shape index (κ3) is 5.78. The van der Waals surface area contributed by atoms with Crippen LogP contribution in [0.1, 0.15) is 27.3 Å². The fourth-order valence-corrected chi connectivity index (χ4v) is 4.99. The Morgan fingerprint density at radius 3 is 2.56 bits per heavy atom. The van der Waals surface area contributed by atoms with Crippen LogP contribution in [-0.4, -0.2) is 32.2 Å². The van der Waals surface area contributed by atoms with Crippen LogP contribution in [0.2, 0.25) is 5.02 Å². The van der Waals surface area contributed by atoms with Crippen molar-refractivity contribution < 1.29 is 27.8 Å². The molecule has 0 atom stereocenters. The van der Waals surface area contributed by atoms with E-state index in [2.05, 4.69) is 9.97 Å². The molecule has 0 aliphatic carbocycles. The number of aromatic carboxylic acids is 1. The van der Waals surface area contributed by atoms with E-state index >= 15 is 0 Å². The molecule has 0 saturated carbocycles. The molecule has 2 aromatic heterocycles. The number of aryl methyl sites for hydroxylation is 1. The minimum Gasteiger partial charge on any atom is -0.491 e. The van der Waals surface area contributed by atoms with Crippen molar-refractivity contribution in [3.8, 4) is 34.1 Å². The highest BCUT2D eigenvalue weighted by Gasteiger charge is 2.37. The molecule has 5 rings (SSSR count). The van der Waals surface area contributed by atoms with Gasteiger partial charge in [0.05, 0.1) is 34.1 Å². The van der Waals surface area contributed by atoms with Crippen molar-refractivity contribution in [1.82, 2.24) is 14.5 Å². The topological polar surface area (TPSA) is 118 Å². The lowest BCUT2D eigenvalue weighted by Crippen LogP contribution is -2.27. The number of pyridine rings is 1. The van der Waals surface area contributed by atoms with Crippen LogP contribution < -0.4 is 10.3 Å². The minimum atomic E-state index is -4.83. The molecule has 2 heterocycles. The highest BCUT2D eigenvalue weighted by molar-refractivity contribution is 6.31. The van der Waals surface area contributed by atoms with Crippen LogP contribution in [0.25, 0.3) is 33.2 Å². The number of carbonyl (C=O) groups is 1. The zero-order chi connectivity index (χ0) is 30.9. The summed E-state index contributed by atoms with van der Waals surface area (Å²) in [5, 5.41) is 19.5. The fraction of sp³-hybridized carbons (Fsp3) is 0.129. The smallest absolute Gasteiger partial charge is 0.417 e. The number of carboxylic acid groups (broad SMARTS) is 1. The van der Waals surface area contributed by atoms with Gasteiger partial charge in [-0.05, 0) is 55.0 Å². The van der Waals surface area contributed by atoms with E-state index < -0.39 is 34.4 Å². The molecule has 12 heteroatoms. The van der Waals surface area contributed by atoms with E-state index in [1.807, 2.05) is 0 Å². The van der Waals surface area contributed by atoms with E-state index in [4.69, 9.17) is 16.3 Å². The van der Waals surface area contributed by atoms with Crippen LogP contribution in [0, 0.1) is 18.3 Å². The number of nitriles is 1. The Morgan fingerprint density at radius 1 is 1.12 bits per heavy atom. The molecular formula is C31H20ClF3N4O4. The lowest BCUT2D eigenvalue weighted by molar-refractivity contribution is -0.137. The zero-order valence-electron chi connectivity index (χ0n) is 22.3. The SMILES string of the molecule is Cc1nc2cc(C(F)(F)F)c(-c3cccnc3)c(C#N)c2c(=O)n1CCOc1ccc(Cl)cc1-c1cccc(C(=O)O)c1. The average Bonchev–Trinajstić information content (AvgIpc) is 2.98. The van der Waals surface area contributed by atoms with E-state index in [-0.39, 0.29) is 41.0 Å². The summed E-state index contributed by atoms with van der Waals surface area (Å²) in [7, 11) is 0. The molecule has 0 saturated heterocycles. The Morgan fingerprint density at radius 2 is 1.88 bits per heavy atom. The summed E-state index contributed by atoms with van der Waals surface area (Å²) >= 11 is 6.19. The van der Waals surface area contributed by atoms with Gasteiger partial charge in [-0.15, -0.1) is 0 Å². The predicted octanol–water partition coefficient (Wildman–Crippen LogP) is 6.76. The Bertz CT molecular complexity index is 1990. The summed E-state index contributed by atoms with van der Waals surface area (Å²) in [4.78, 5) is 33.3. The first kappa shape index (κ1) is 29.3. The molecule has 1 N–H and O–H groups in total. The molecule has 216 valence electrons. The van der Waals surface area contributed by atoms with Crippen LogP contribution in [0.15, 0.2) is 77.9 Å². The molecule has 0 unspecified atom stereocenters. The quantitative estimate of drug-likeness (QED) is 0.218. The van der Waals surface area contributed by atoms with Gasteiger partial charge in [0.15, 0.2) is 0 Å². The van der Waals surface area contributed by atoms with E-state index in [0.717, 1.165) is 6.07 Å². The van der Waals surface area contributed by atoms with Crippen LogP contribution in [0.3, 0.4) is 0 Å². The lowest BCUT2D eigenvalue weighted by Gasteiger charge is -2.18. The van der Waals surface area contributed by atoms with Gasteiger partial charge in [-0.1, -0.05) is 29.8 Å². The Labute approximate surface area is 247 Å².